The van der Waals surface area contributed by atoms with Crippen LogP contribution in [0.4, 0.5) is 0 Å². The summed E-state index contributed by atoms with van der Waals surface area (Å²) in [5, 5.41) is 2.81. The molecule has 0 aliphatic carbocycles. The Hall–Kier alpha value is -2.82. The van der Waals surface area contributed by atoms with E-state index in [0.29, 0.717) is 18.1 Å². The lowest BCUT2D eigenvalue weighted by molar-refractivity contribution is -0.145. The second-order valence-corrected chi connectivity index (χ2v) is 7.37. The highest BCUT2D eigenvalue weighted by Gasteiger charge is 2.26. The molecule has 0 spiro atoms. The van der Waals surface area contributed by atoms with Crippen LogP contribution >= 0.6 is 0 Å². The number of amides is 1. The fraction of sp³-hybridized carbons (Fsp3) is 0.417. The summed E-state index contributed by atoms with van der Waals surface area (Å²) in [5.74, 6) is 0.0979. The zero-order valence-corrected chi connectivity index (χ0v) is 17.7. The first-order valence-corrected chi connectivity index (χ1v) is 10.1. The molecule has 1 unspecified atom stereocenters. The Bertz CT molecular complexity index is 773. The molecule has 2 rings (SSSR count). The molecule has 0 heterocycles. The number of carbonyl (C=O) groups is 2. The normalized spacial score (nSPS) is 13.8. The van der Waals surface area contributed by atoms with Crippen molar-refractivity contribution in [1.82, 2.24) is 5.32 Å². The molecule has 1 N–H and O–H groups in total. The predicted molar refractivity (Wildman–Crippen MR) is 114 cm³/mol. The van der Waals surface area contributed by atoms with Gasteiger partial charge in [-0.1, -0.05) is 62.7 Å². The van der Waals surface area contributed by atoms with Crippen molar-refractivity contribution in [2.24, 2.45) is 5.92 Å². The fourth-order valence-corrected chi connectivity index (χ4v) is 3.13. The van der Waals surface area contributed by atoms with Gasteiger partial charge < -0.3 is 14.8 Å². The summed E-state index contributed by atoms with van der Waals surface area (Å²) in [4.78, 5) is 25.0. The van der Waals surface area contributed by atoms with E-state index in [9.17, 15) is 9.59 Å². The average Bonchev–Trinajstić information content (AvgIpc) is 2.76. The van der Waals surface area contributed by atoms with E-state index in [1.165, 1.54) is 7.11 Å². The van der Waals surface area contributed by atoms with Crippen molar-refractivity contribution in [3.05, 3.63) is 65.7 Å². The minimum atomic E-state index is -0.869. The van der Waals surface area contributed by atoms with Crippen molar-refractivity contribution >= 4 is 11.9 Å². The lowest BCUT2D eigenvalue weighted by atomic mass is 9.99. The summed E-state index contributed by atoms with van der Waals surface area (Å²) in [6.45, 7) is 6.78. The monoisotopic (exact) mass is 397 g/mol. The van der Waals surface area contributed by atoms with E-state index in [-0.39, 0.29) is 11.8 Å². The zero-order valence-electron chi connectivity index (χ0n) is 17.7. The van der Waals surface area contributed by atoms with Gasteiger partial charge in [0.05, 0.1) is 19.6 Å². The average molecular weight is 398 g/mol. The highest BCUT2D eigenvalue weighted by atomic mass is 16.5. The Labute approximate surface area is 173 Å². The minimum Gasteiger partial charge on any atom is -0.493 e. The third-order valence-corrected chi connectivity index (χ3v) is 4.95. The highest BCUT2D eigenvalue weighted by Crippen LogP contribution is 2.22. The Morgan fingerprint density at radius 1 is 0.966 bits per heavy atom. The number of benzene rings is 2. The van der Waals surface area contributed by atoms with Gasteiger partial charge in [-0.2, -0.15) is 0 Å². The first-order valence-electron chi connectivity index (χ1n) is 10.1. The predicted octanol–water partition coefficient (Wildman–Crippen LogP) is 4.64. The first-order chi connectivity index (χ1) is 14.0. The van der Waals surface area contributed by atoms with E-state index in [2.05, 4.69) is 19.2 Å². The van der Waals surface area contributed by atoms with Crippen molar-refractivity contribution < 1.29 is 19.1 Å². The van der Waals surface area contributed by atoms with Crippen molar-refractivity contribution in [1.29, 1.82) is 0 Å². The van der Waals surface area contributed by atoms with Crippen LogP contribution in [-0.4, -0.2) is 25.6 Å². The summed E-state index contributed by atoms with van der Waals surface area (Å²) in [7, 11) is 1.31. The summed E-state index contributed by atoms with van der Waals surface area (Å²) >= 11 is 0. The van der Waals surface area contributed by atoms with E-state index in [4.69, 9.17) is 9.47 Å². The Kier molecular flexibility index (Phi) is 8.71. The smallest absolute Gasteiger partial charge is 0.333 e. The minimum absolute atomic E-state index is 0.236. The molecule has 0 saturated heterocycles. The van der Waals surface area contributed by atoms with E-state index >= 15 is 0 Å². The van der Waals surface area contributed by atoms with Gasteiger partial charge in [0.15, 0.2) is 6.04 Å². The number of methoxy groups -OCH3 is 1. The van der Waals surface area contributed by atoms with Gasteiger partial charge in [-0.15, -0.1) is 0 Å². The maximum absolute atomic E-state index is 12.7. The van der Waals surface area contributed by atoms with Gasteiger partial charge >= 0.3 is 5.97 Å². The molecule has 5 heteroatoms. The number of nitrogens with one attached hydrogen (secondary N) is 1. The van der Waals surface area contributed by atoms with Crippen molar-refractivity contribution in [3.8, 4) is 5.75 Å². The van der Waals surface area contributed by atoms with Gasteiger partial charge in [-0.05, 0) is 42.5 Å². The van der Waals surface area contributed by atoms with Crippen LogP contribution in [0.25, 0.3) is 0 Å². The highest BCUT2D eigenvalue weighted by molar-refractivity contribution is 5.89. The second kappa shape index (κ2) is 11.2. The first kappa shape index (κ1) is 22.5. The molecule has 0 aliphatic heterocycles. The number of carbonyl (C=O) groups excluding carboxylic acids is 2. The molecule has 0 radical (unpaired) electrons. The number of hydrogen-bond donors (Lipinski definition) is 1. The van der Waals surface area contributed by atoms with Crippen LogP contribution in [0.3, 0.4) is 0 Å². The molecule has 0 bridgehead atoms. The Morgan fingerprint density at radius 2 is 1.62 bits per heavy atom. The summed E-state index contributed by atoms with van der Waals surface area (Å²) in [6.07, 6.45) is 2.25. The van der Waals surface area contributed by atoms with Crippen molar-refractivity contribution in [2.45, 2.75) is 45.6 Å². The molecule has 0 fully saturated rings. The third-order valence-electron chi connectivity index (χ3n) is 4.95. The van der Waals surface area contributed by atoms with Crippen molar-refractivity contribution in [3.63, 3.8) is 0 Å². The quantitative estimate of drug-likeness (QED) is 0.594. The van der Waals surface area contributed by atoms with Gasteiger partial charge in [0, 0.05) is 0 Å². The lowest BCUT2D eigenvalue weighted by Crippen LogP contribution is -2.36. The number of ether oxygens (including phenoxy) is 2. The topological polar surface area (TPSA) is 64.6 Å². The molecule has 156 valence electrons. The molecule has 0 aromatic heterocycles. The fourth-order valence-electron chi connectivity index (χ4n) is 3.13. The van der Waals surface area contributed by atoms with Crippen LogP contribution in [0.2, 0.25) is 0 Å². The van der Waals surface area contributed by atoms with Crippen LogP contribution in [-0.2, 0) is 14.3 Å². The van der Waals surface area contributed by atoms with Crippen molar-refractivity contribution in [2.75, 3.05) is 13.7 Å². The molecule has 0 aliphatic rings. The Morgan fingerprint density at radius 3 is 2.21 bits per heavy atom. The summed E-state index contributed by atoms with van der Waals surface area (Å²) in [5.41, 5.74) is 1.54. The number of esters is 1. The maximum Gasteiger partial charge on any atom is 0.333 e. The molecular formula is C24H31NO4. The lowest BCUT2D eigenvalue weighted by Gasteiger charge is -2.20. The van der Waals surface area contributed by atoms with Gasteiger partial charge in [0.1, 0.15) is 5.75 Å². The molecule has 0 saturated carbocycles. The van der Waals surface area contributed by atoms with Crippen LogP contribution in [0, 0.1) is 5.92 Å². The molecule has 29 heavy (non-hydrogen) atoms. The van der Waals surface area contributed by atoms with E-state index in [0.717, 1.165) is 24.2 Å². The number of rotatable bonds is 10. The van der Waals surface area contributed by atoms with Gasteiger partial charge in [-0.3, -0.25) is 4.79 Å². The van der Waals surface area contributed by atoms with E-state index < -0.39 is 12.0 Å². The van der Waals surface area contributed by atoms with Gasteiger partial charge in [-0.25, -0.2) is 4.79 Å². The zero-order chi connectivity index (χ0) is 21.2. The third kappa shape index (κ3) is 6.63. The molecule has 2 aromatic rings. The van der Waals surface area contributed by atoms with Crippen LogP contribution in [0.15, 0.2) is 54.6 Å². The maximum atomic E-state index is 12.7. The van der Waals surface area contributed by atoms with Crippen LogP contribution < -0.4 is 10.1 Å². The SMILES string of the molecule is CCCC(C)COc1ccc([C@@H](NC(=O)[C@@H](C)c2ccccc2)C(=O)OC)cc1. The van der Waals surface area contributed by atoms with Gasteiger partial charge in [0.2, 0.25) is 5.91 Å². The largest absolute Gasteiger partial charge is 0.493 e. The molecule has 2 aromatic carbocycles. The summed E-state index contributed by atoms with van der Waals surface area (Å²) in [6, 6.07) is 15.8. The molecule has 1 amide bonds. The molecule has 3 atom stereocenters. The second-order valence-electron chi connectivity index (χ2n) is 7.37. The number of hydrogen-bond acceptors (Lipinski definition) is 4. The van der Waals surface area contributed by atoms with E-state index in [1.54, 1.807) is 12.1 Å². The Balaban J connectivity index is 2.07. The standard InChI is InChI=1S/C24H31NO4/c1-5-9-17(2)16-29-21-14-12-20(13-15-21)22(24(27)28-4)25-23(26)18(3)19-10-7-6-8-11-19/h6-8,10-15,17-18,22H,5,9,16H2,1-4H3,(H,25,26)/t17?,18-,22+/m0/s1. The molecule has 5 nitrogen and oxygen atoms in total. The van der Waals surface area contributed by atoms with Crippen LogP contribution in [0.1, 0.15) is 56.7 Å². The van der Waals surface area contributed by atoms with E-state index in [1.807, 2.05) is 49.4 Å². The molecular weight excluding hydrogens is 366 g/mol. The van der Waals surface area contributed by atoms with Crippen LogP contribution in [0.5, 0.6) is 5.75 Å². The summed E-state index contributed by atoms with van der Waals surface area (Å²) < 4.78 is 10.7. The van der Waals surface area contributed by atoms with Gasteiger partial charge in [0.25, 0.3) is 0 Å².